The van der Waals surface area contributed by atoms with E-state index in [1.54, 1.807) is 6.42 Å². The molecule has 151 valence electrons. The monoisotopic (exact) mass is 382 g/mol. The molecule has 4 rings (SSSR count). The first-order valence-corrected chi connectivity index (χ1v) is 10.9. The maximum Gasteiger partial charge on any atom is 0.250 e. The summed E-state index contributed by atoms with van der Waals surface area (Å²) in [4.78, 5) is 27.1. The lowest BCUT2D eigenvalue weighted by Gasteiger charge is -2.24. The Morgan fingerprint density at radius 3 is 2.46 bits per heavy atom. The lowest BCUT2D eigenvalue weighted by Crippen LogP contribution is -2.30. The number of nitrogens with one attached hydrogen (secondary N) is 1. The van der Waals surface area contributed by atoms with Gasteiger partial charge < -0.3 is 16.0 Å². The minimum atomic E-state index is -0.480. The van der Waals surface area contributed by atoms with Crippen LogP contribution in [0, 0.1) is 12.3 Å². The Morgan fingerprint density at radius 1 is 1.11 bits per heavy atom. The third-order valence-corrected chi connectivity index (χ3v) is 6.77. The van der Waals surface area contributed by atoms with Crippen LogP contribution in [0.3, 0.4) is 0 Å². The Labute approximate surface area is 168 Å². The highest BCUT2D eigenvalue weighted by Gasteiger charge is 2.46. The summed E-state index contributed by atoms with van der Waals surface area (Å²) in [6.45, 7) is 3.41. The number of carbonyl (C=O) groups excluding carboxylic acids is 2. The predicted molar refractivity (Wildman–Crippen MR) is 111 cm³/mol. The van der Waals surface area contributed by atoms with Gasteiger partial charge in [0.2, 0.25) is 5.91 Å². The van der Waals surface area contributed by atoms with Gasteiger partial charge in [0.25, 0.3) is 5.91 Å². The first-order valence-electron chi connectivity index (χ1n) is 10.9. The highest BCUT2D eigenvalue weighted by Crippen LogP contribution is 2.49. The Bertz CT molecular complexity index is 729. The second-order valence-electron chi connectivity index (χ2n) is 8.94. The molecule has 5 heteroatoms. The first kappa shape index (κ1) is 19.4. The van der Waals surface area contributed by atoms with Gasteiger partial charge in [-0.1, -0.05) is 25.3 Å². The molecule has 2 amide bonds. The van der Waals surface area contributed by atoms with Crippen molar-refractivity contribution in [3.63, 3.8) is 0 Å². The number of rotatable bonds is 7. The molecule has 0 unspecified atom stereocenters. The molecule has 3 N–H and O–H groups in total. The van der Waals surface area contributed by atoms with Crippen LogP contribution in [0.25, 0.3) is 0 Å². The van der Waals surface area contributed by atoms with E-state index in [1.165, 1.54) is 50.8 Å². The molecule has 5 nitrogen and oxygen atoms in total. The molecule has 1 aromatic carbocycles. The van der Waals surface area contributed by atoms with Crippen molar-refractivity contribution in [3.05, 3.63) is 35.7 Å². The van der Waals surface area contributed by atoms with E-state index in [2.05, 4.69) is 16.3 Å². The number of amides is 2. The van der Waals surface area contributed by atoms with Gasteiger partial charge in [0.15, 0.2) is 0 Å². The predicted octanol–water partition coefficient (Wildman–Crippen LogP) is 3.64. The van der Waals surface area contributed by atoms with Gasteiger partial charge in [-0.25, -0.2) is 0 Å². The van der Waals surface area contributed by atoms with Crippen LogP contribution in [-0.2, 0) is 10.2 Å². The number of carbonyl (C=O) groups is 2. The Balaban J connectivity index is 1.46. The van der Waals surface area contributed by atoms with Crippen molar-refractivity contribution >= 4 is 17.5 Å². The largest absolute Gasteiger partial charge is 0.366 e. The lowest BCUT2D eigenvalue weighted by atomic mass is 9.87. The van der Waals surface area contributed by atoms with Crippen molar-refractivity contribution in [2.24, 2.45) is 11.7 Å². The molecular formula is C23H32N3O2. The van der Waals surface area contributed by atoms with Gasteiger partial charge >= 0.3 is 0 Å². The van der Waals surface area contributed by atoms with Gasteiger partial charge in [0, 0.05) is 12.0 Å². The van der Waals surface area contributed by atoms with E-state index in [1.807, 2.05) is 12.1 Å². The Morgan fingerprint density at radius 2 is 1.82 bits per heavy atom. The summed E-state index contributed by atoms with van der Waals surface area (Å²) in [5.41, 5.74) is 7.96. The van der Waals surface area contributed by atoms with E-state index < -0.39 is 5.91 Å². The minimum Gasteiger partial charge on any atom is -0.366 e. The quantitative estimate of drug-likeness (QED) is 0.756. The smallest absolute Gasteiger partial charge is 0.250 e. The normalized spacial score (nSPS) is 22.1. The summed E-state index contributed by atoms with van der Waals surface area (Å²) in [5, 5.41) is 2.91. The molecule has 1 saturated heterocycles. The minimum absolute atomic E-state index is 0.125. The van der Waals surface area contributed by atoms with Crippen LogP contribution >= 0.6 is 0 Å². The van der Waals surface area contributed by atoms with E-state index in [4.69, 9.17) is 5.73 Å². The first-order chi connectivity index (χ1) is 13.6. The molecule has 0 spiro atoms. The molecular weight excluding hydrogens is 350 g/mol. The van der Waals surface area contributed by atoms with Gasteiger partial charge in [-0.15, -0.1) is 0 Å². The summed E-state index contributed by atoms with van der Waals surface area (Å²) >= 11 is 0. The summed E-state index contributed by atoms with van der Waals surface area (Å²) in [7, 11) is 0. The number of primary amides is 1. The molecule has 28 heavy (non-hydrogen) atoms. The van der Waals surface area contributed by atoms with Gasteiger partial charge in [0.05, 0.1) is 17.7 Å². The number of hydrogen-bond donors (Lipinski definition) is 2. The fraction of sp³-hybridized carbons (Fsp3) is 0.609. The SMILES string of the molecule is NC(=O)c1cc(C2(CN3CCCC3)CC2)ccc1NC(=O)[CH]C1CCCCC1. The van der Waals surface area contributed by atoms with Crippen LogP contribution in [0.15, 0.2) is 18.2 Å². The zero-order chi connectivity index (χ0) is 19.6. The average molecular weight is 383 g/mol. The van der Waals surface area contributed by atoms with Crippen LogP contribution < -0.4 is 11.1 Å². The standard InChI is InChI=1S/C23H32N3O2/c24-22(28)19-15-18(23(10-11-23)16-26-12-4-5-13-26)8-9-20(19)25-21(27)14-17-6-2-1-3-7-17/h8-9,14-15,17H,1-7,10-13,16H2,(H2,24,28)(H,25,27). The van der Waals surface area contributed by atoms with Crippen LogP contribution in [0.5, 0.6) is 0 Å². The van der Waals surface area contributed by atoms with Crippen LogP contribution in [-0.4, -0.2) is 36.3 Å². The Kier molecular flexibility index (Phi) is 5.72. The van der Waals surface area contributed by atoms with E-state index in [0.29, 0.717) is 17.2 Å². The fourth-order valence-corrected chi connectivity index (χ4v) is 4.93. The van der Waals surface area contributed by atoms with Crippen molar-refractivity contribution in [1.82, 2.24) is 4.90 Å². The maximum absolute atomic E-state index is 12.5. The molecule has 3 fully saturated rings. The molecule has 1 aliphatic heterocycles. The molecule has 2 aliphatic carbocycles. The van der Waals surface area contributed by atoms with E-state index >= 15 is 0 Å². The molecule has 2 saturated carbocycles. The van der Waals surface area contributed by atoms with Crippen molar-refractivity contribution in [2.45, 2.75) is 63.2 Å². The molecule has 3 aliphatic rings. The van der Waals surface area contributed by atoms with Crippen LogP contribution in [0.2, 0.25) is 0 Å². The number of nitrogens with two attached hydrogens (primary N) is 1. The van der Waals surface area contributed by atoms with Crippen molar-refractivity contribution < 1.29 is 9.59 Å². The molecule has 0 atom stereocenters. The van der Waals surface area contributed by atoms with Crippen LogP contribution in [0.4, 0.5) is 5.69 Å². The number of benzene rings is 1. The van der Waals surface area contributed by atoms with Crippen molar-refractivity contribution in [2.75, 3.05) is 25.0 Å². The third kappa shape index (κ3) is 4.40. The fourth-order valence-electron chi connectivity index (χ4n) is 4.93. The number of likely N-dealkylation sites (tertiary alicyclic amines) is 1. The highest BCUT2D eigenvalue weighted by molar-refractivity contribution is 6.05. The van der Waals surface area contributed by atoms with Gasteiger partial charge in [-0.05, 0) is 75.2 Å². The van der Waals surface area contributed by atoms with E-state index in [-0.39, 0.29) is 11.3 Å². The summed E-state index contributed by atoms with van der Waals surface area (Å²) in [6.07, 6.45) is 12.5. The number of anilines is 1. The lowest BCUT2D eigenvalue weighted by molar-refractivity contribution is -0.113. The molecule has 0 bridgehead atoms. The zero-order valence-corrected chi connectivity index (χ0v) is 16.7. The average Bonchev–Trinajstić information content (AvgIpc) is 3.28. The molecule has 1 aromatic rings. The number of hydrogen-bond acceptors (Lipinski definition) is 3. The van der Waals surface area contributed by atoms with Gasteiger partial charge in [0.1, 0.15) is 0 Å². The zero-order valence-electron chi connectivity index (χ0n) is 16.7. The number of nitrogens with zero attached hydrogens (tertiary/aromatic N) is 1. The van der Waals surface area contributed by atoms with E-state index in [0.717, 1.165) is 32.2 Å². The van der Waals surface area contributed by atoms with Gasteiger partial charge in [-0.3, -0.25) is 9.59 Å². The molecule has 1 radical (unpaired) electrons. The Hall–Kier alpha value is -1.88. The van der Waals surface area contributed by atoms with E-state index in [9.17, 15) is 9.59 Å². The highest BCUT2D eigenvalue weighted by atomic mass is 16.2. The topological polar surface area (TPSA) is 75.4 Å². The van der Waals surface area contributed by atoms with Gasteiger partial charge in [-0.2, -0.15) is 0 Å². The molecule has 1 heterocycles. The summed E-state index contributed by atoms with van der Waals surface area (Å²) in [5.74, 6) is -0.257. The molecule has 0 aromatic heterocycles. The van der Waals surface area contributed by atoms with Crippen molar-refractivity contribution in [3.8, 4) is 0 Å². The summed E-state index contributed by atoms with van der Waals surface area (Å²) < 4.78 is 0. The summed E-state index contributed by atoms with van der Waals surface area (Å²) in [6, 6.07) is 5.86. The van der Waals surface area contributed by atoms with Crippen molar-refractivity contribution in [1.29, 1.82) is 0 Å². The third-order valence-electron chi connectivity index (χ3n) is 6.77. The second-order valence-corrected chi connectivity index (χ2v) is 8.94. The maximum atomic E-state index is 12.5. The van der Waals surface area contributed by atoms with Crippen LogP contribution in [0.1, 0.15) is 73.7 Å². The second kappa shape index (κ2) is 8.24.